The van der Waals surface area contributed by atoms with E-state index in [2.05, 4.69) is 18.2 Å². The van der Waals surface area contributed by atoms with Gasteiger partial charge in [0, 0.05) is 16.7 Å². The van der Waals surface area contributed by atoms with Gasteiger partial charge in [-0.15, -0.1) is 0 Å². The highest BCUT2D eigenvalue weighted by molar-refractivity contribution is 6.30. The van der Waals surface area contributed by atoms with Crippen LogP contribution in [-0.4, -0.2) is 0 Å². The fraction of sp³-hybridized carbons (Fsp3) is 0. The van der Waals surface area contributed by atoms with Crippen LogP contribution >= 0.6 is 11.6 Å². The molecule has 5 aromatic rings. The molecule has 5 rings (SSSR count). The first-order chi connectivity index (χ1) is 16.3. The minimum atomic E-state index is 0.703. The van der Waals surface area contributed by atoms with Gasteiger partial charge in [0.05, 0.1) is 0 Å². The molecule has 0 heterocycles. The second-order valence-electron chi connectivity index (χ2n) is 7.54. The van der Waals surface area contributed by atoms with Gasteiger partial charge in [-0.05, 0) is 59.2 Å². The van der Waals surface area contributed by atoms with Crippen molar-refractivity contribution in [1.82, 2.24) is 0 Å². The van der Waals surface area contributed by atoms with E-state index in [4.69, 9.17) is 21.1 Å². The fourth-order valence-corrected chi connectivity index (χ4v) is 3.87. The molecule has 0 radical (unpaired) electrons. The van der Waals surface area contributed by atoms with Gasteiger partial charge in [0.15, 0.2) is 0 Å². The summed E-state index contributed by atoms with van der Waals surface area (Å²) in [6, 6.07) is 41.6. The van der Waals surface area contributed by atoms with Crippen LogP contribution in [-0.2, 0) is 0 Å². The van der Waals surface area contributed by atoms with E-state index in [-0.39, 0.29) is 0 Å². The maximum atomic E-state index is 6.42. The Kier molecular flexibility index (Phi) is 6.10. The molecule has 2 nitrogen and oxygen atoms in total. The van der Waals surface area contributed by atoms with E-state index < -0.39 is 0 Å². The van der Waals surface area contributed by atoms with Gasteiger partial charge < -0.3 is 9.47 Å². The number of halogens is 1. The molecule has 0 bridgehead atoms. The molecule has 0 aliphatic rings. The monoisotopic (exact) mass is 448 g/mol. The van der Waals surface area contributed by atoms with Crippen molar-refractivity contribution in [3.8, 4) is 45.3 Å². The third-order valence-electron chi connectivity index (χ3n) is 5.26. The number of hydrogen-bond acceptors (Lipinski definition) is 2. The molecule has 0 spiro atoms. The summed E-state index contributed by atoms with van der Waals surface area (Å²) in [5, 5.41) is 0.711. The van der Waals surface area contributed by atoms with Crippen LogP contribution in [0.2, 0.25) is 5.02 Å². The van der Waals surface area contributed by atoms with Crippen LogP contribution in [0.1, 0.15) is 0 Å². The normalized spacial score (nSPS) is 10.6. The first kappa shape index (κ1) is 20.9. The summed E-state index contributed by atoms with van der Waals surface area (Å²) in [6.45, 7) is 0. The molecule has 0 aliphatic heterocycles. The molecule has 0 atom stereocenters. The Morgan fingerprint density at radius 2 is 1.06 bits per heavy atom. The van der Waals surface area contributed by atoms with E-state index in [0.29, 0.717) is 16.5 Å². The predicted octanol–water partition coefficient (Wildman–Crippen LogP) is 9.26. The Morgan fingerprint density at radius 3 is 1.79 bits per heavy atom. The Labute approximate surface area is 198 Å². The number of rotatable bonds is 6. The molecule has 0 unspecified atom stereocenters. The highest BCUT2D eigenvalue weighted by Gasteiger charge is 2.14. The van der Waals surface area contributed by atoms with Crippen molar-refractivity contribution in [2.75, 3.05) is 0 Å². The summed E-state index contributed by atoms with van der Waals surface area (Å²) in [5.74, 6) is 2.97. The number of hydrogen-bond donors (Lipinski definition) is 0. The van der Waals surface area contributed by atoms with Crippen molar-refractivity contribution < 1.29 is 9.47 Å². The zero-order chi connectivity index (χ0) is 22.5. The topological polar surface area (TPSA) is 18.5 Å². The molecule has 33 heavy (non-hydrogen) atoms. The summed E-state index contributed by atoms with van der Waals surface area (Å²) < 4.78 is 12.4. The van der Waals surface area contributed by atoms with E-state index in [0.717, 1.165) is 33.8 Å². The van der Waals surface area contributed by atoms with Crippen molar-refractivity contribution in [3.05, 3.63) is 132 Å². The first-order valence-electron chi connectivity index (χ1n) is 10.7. The van der Waals surface area contributed by atoms with Crippen molar-refractivity contribution in [2.45, 2.75) is 0 Å². The Bertz CT molecular complexity index is 1350. The largest absolute Gasteiger partial charge is 0.457 e. The van der Waals surface area contributed by atoms with E-state index in [1.807, 2.05) is 109 Å². The number of ether oxygens (including phenoxy) is 2. The van der Waals surface area contributed by atoms with E-state index in [1.54, 1.807) is 0 Å². The van der Waals surface area contributed by atoms with Gasteiger partial charge in [-0.2, -0.15) is 0 Å². The van der Waals surface area contributed by atoms with Gasteiger partial charge in [0.25, 0.3) is 0 Å². The molecule has 3 heteroatoms. The number of para-hydroxylation sites is 1. The molecule has 0 aromatic heterocycles. The quantitative estimate of drug-likeness (QED) is 0.257. The molecule has 0 saturated carbocycles. The fourth-order valence-electron chi connectivity index (χ4n) is 3.74. The highest BCUT2D eigenvalue weighted by Crippen LogP contribution is 2.41. The predicted molar refractivity (Wildman–Crippen MR) is 135 cm³/mol. The summed E-state index contributed by atoms with van der Waals surface area (Å²) in [6.07, 6.45) is 0. The zero-order valence-electron chi connectivity index (χ0n) is 17.8. The lowest BCUT2D eigenvalue weighted by Gasteiger charge is -2.17. The molecule has 0 amide bonds. The van der Waals surface area contributed by atoms with Crippen LogP contribution in [0.3, 0.4) is 0 Å². The van der Waals surface area contributed by atoms with Crippen molar-refractivity contribution in [2.24, 2.45) is 0 Å². The Balaban J connectivity index is 1.54. The maximum Gasteiger partial charge on any atom is 0.135 e. The van der Waals surface area contributed by atoms with Crippen LogP contribution in [0.5, 0.6) is 23.0 Å². The zero-order valence-corrected chi connectivity index (χ0v) is 18.6. The van der Waals surface area contributed by atoms with Crippen LogP contribution < -0.4 is 9.47 Å². The smallest absolute Gasteiger partial charge is 0.135 e. The average molecular weight is 449 g/mol. The minimum absolute atomic E-state index is 0.703. The molecule has 160 valence electrons. The van der Waals surface area contributed by atoms with Gasteiger partial charge in [-0.3, -0.25) is 0 Å². The summed E-state index contributed by atoms with van der Waals surface area (Å²) >= 11 is 6.13. The second kappa shape index (κ2) is 9.64. The van der Waals surface area contributed by atoms with Gasteiger partial charge in [0.1, 0.15) is 23.0 Å². The van der Waals surface area contributed by atoms with Gasteiger partial charge in [-0.1, -0.05) is 90.5 Å². The molecular formula is C30H21ClO2. The van der Waals surface area contributed by atoms with E-state index in [1.165, 1.54) is 0 Å². The summed E-state index contributed by atoms with van der Waals surface area (Å²) in [4.78, 5) is 0. The maximum absolute atomic E-state index is 6.42. The lowest BCUT2D eigenvalue weighted by Crippen LogP contribution is -1.92. The lowest BCUT2D eigenvalue weighted by atomic mass is 9.94. The molecule has 5 aromatic carbocycles. The van der Waals surface area contributed by atoms with Crippen LogP contribution in [0.25, 0.3) is 22.3 Å². The number of benzene rings is 5. The van der Waals surface area contributed by atoms with Crippen LogP contribution in [0.15, 0.2) is 127 Å². The lowest BCUT2D eigenvalue weighted by molar-refractivity contribution is 0.461. The van der Waals surface area contributed by atoms with Crippen LogP contribution in [0.4, 0.5) is 0 Å². The molecule has 0 saturated heterocycles. The highest BCUT2D eigenvalue weighted by atomic mass is 35.5. The van der Waals surface area contributed by atoms with Gasteiger partial charge in [-0.25, -0.2) is 0 Å². The van der Waals surface area contributed by atoms with E-state index >= 15 is 0 Å². The van der Waals surface area contributed by atoms with E-state index in [9.17, 15) is 0 Å². The summed E-state index contributed by atoms with van der Waals surface area (Å²) in [7, 11) is 0. The second-order valence-corrected chi connectivity index (χ2v) is 7.98. The molecule has 0 fully saturated rings. The molecular weight excluding hydrogens is 428 g/mol. The van der Waals surface area contributed by atoms with Crippen LogP contribution in [0, 0.1) is 0 Å². The van der Waals surface area contributed by atoms with Crippen molar-refractivity contribution >= 4 is 11.6 Å². The van der Waals surface area contributed by atoms with Gasteiger partial charge >= 0.3 is 0 Å². The Morgan fingerprint density at radius 1 is 0.455 bits per heavy atom. The van der Waals surface area contributed by atoms with Crippen molar-refractivity contribution in [1.29, 1.82) is 0 Å². The average Bonchev–Trinajstić information content (AvgIpc) is 2.86. The van der Waals surface area contributed by atoms with Gasteiger partial charge in [0.2, 0.25) is 0 Å². The minimum Gasteiger partial charge on any atom is -0.457 e. The van der Waals surface area contributed by atoms with Crippen molar-refractivity contribution in [3.63, 3.8) is 0 Å². The SMILES string of the molecule is Clc1ccc(-c2cccc(Oc3cccc(Oc4ccccc4)c3)c2-c2ccccc2)cc1. The third-order valence-corrected chi connectivity index (χ3v) is 5.51. The third kappa shape index (κ3) is 4.92. The molecule has 0 N–H and O–H groups in total. The Hall–Kier alpha value is -4.01. The summed E-state index contributed by atoms with van der Waals surface area (Å²) in [5.41, 5.74) is 4.25. The first-order valence-corrected chi connectivity index (χ1v) is 11.1. The standard InChI is InChI=1S/C30H21ClO2/c31-24-19-17-22(18-20-24)28-15-8-16-29(30(28)23-9-3-1-4-10-23)33-27-14-7-13-26(21-27)32-25-11-5-2-6-12-25/h1-21H. The molecule has 0 aliphatic carbocycles.